The lowest BCUT2D eigenvalue weighted by molar-refractivity contribution is 0.175. The van der Waals surface area contributed by atoms with E-state index in [-0.39, 0.29) is 12.0 Å². The molecule has 22 heavy (non-hydrogen) atoms. The van der Waals surface area contributed by atoms with E-state index in [4.69, 9.17) is 4.99 Å². The molecule has 0 aromatic carbocycles. The van der Waals surface area contributed by atoms with Gasteiger partial charge in [0, 0.05) is 25.7 Å². The third-order valence-electron chi connectivity index (χ3n) is 5.42. The summed E-state index contributed by atoms with van der Waals surface area (Å²) in [5.74, 6) is 1.82. The molecule has 0 unspecified atom stereocenters. The maximum absolute atomic E-state index is 9.34. The monoisotopic (exact) mass is 311 g/mol. The number of hydrogen-bond acceptors (Lipinski definition) is 2. The lowest BCUT2D eigenvalue weighted by atomic mass is 9.79. The van der Waals surface area contributed by atoms with Crippen molar-refractivity contribution in [3.8, 4) is 0 Å². The second-order valence-corrected chi connectivity index (χ2v) is 6.98. The largest absolute Gasteiger partial charge is 0.396 e. The van der Waals surface area contributed by atoms with Crippen molar-refractivity contribution < 1.29 is 5.11 Å². The zero-order valence-electron chi connectivity index (χ0n) is 15.1. The van der Waals surface area contributed by atoms with Crippen molar-refractivity contribution in [3.63, 3.8) is 0 Å². The minimum atomic E-state index is 0.137. The molecule has 130 valence electrons. The first kappa shape index (κ1) is 19.3. The van der Waals surface area contributed by atoms with Gasteiger partial charge in [-0.25, -0.2) is 0 Å². The zero-order chi connectivity index (χ0) is 16.4. The van der Waals surface area contributed by atoms with E-state index >= 15 is 0 Å². The highest BCUT2D eigenvalue weighted by molar-refractivity contribution is 5.80. The molecule has 0 saturated heterocycles. The van der Waals surface area contributed by atoms with Crippen LogP contribution in [0.15, 0.2) is 4.99 Å². The lowest BCUT2D eigenvalue weighted by Gasteiger charge is -2.31. The van der Waals surface area contributed by atoms with Gasteiger partial charge in [-0.1, -0.05) is 20.8 Å². The molecule has 0 aromatic heterocycles. The van der Waals surface area contributed by atoms with Crippen LogP contribution in [0.5, 0.6) is 0 Å². The highest BCUT2D eigenvalue weighted by Crippen LogP contribution is 2.30. The van der Waals surface area contributed by atoms with Gasteiger partial charge in [-0.05, 0) is 63.2 Å². The molecule has 0 atom stereocenters. The Bertz CT molecular complexity index is 318. The Hall–Kier alpha value is -0.770. The van der Waals surface area contributed by atoms with E-state index in [2.05, 4.69) is 38.3 Å². The molecule has 3 N–H and O–H groups in total. The number of aliphatic imine (C=N–C) groups is 1. The molecule has 1 rings (SSSR count). The molecule has 4 nitrogen and oxygen atoms in total. The van der Waals surface area contributed by atoms with Crippen LogP contribution in [-0.2, 0) is 0 Å². The Morgan fingerprint density at radius 2 is 1.77 bits per heavy atom. The molecule has 4 heteroatoms. The first-order chi connectivity index (χ1) is 10.6. The van der Waals surface area contributed by atoms with E-state index in [1.165, 1.54) is 25.7 Å². The summed E-state index contributed by atoms with van der Waals surface area (Å²) in [5.41, 5.74) is 0.137. The predicted molar refractivity (Wildman–Crippen MR) is 95.3 cm³/mol. The summed E-state index contributed by atoms with van der Waals surface area (Å²) in [4.78, 5) is 4.84. The molecular formula is C18H37N3O. The van der Waals surface area contributed by atoms with E-state index in [0.717, 1.165) is 44.2 Å². The Labute approximate surface area is 137 Å². The number of rotatable bonds is 8. The molecule has 1 aliphatic rings. The zero-order valence-corrected chi connectivity index (χ0v) is 15.1. The van der Waals surface area contributed by atoms with E-state index in [1.54, 1.807) is 0 Å². The normalized spacial score (nSPS) is 23.4. The molecule has 1 aliphatic carbocycles. The van der Waals surface area contributed by atoms with E-state index < -0.39 is 0 Å². The van der Waals surface area contributed by atoms with Crippen molar-refractivity contribution in [2.45, 2.75) is 78.7 Å². The maximum atomic E-state index is 9.34. The van der Waals surface area contributed by atoms with Gasteiger partial charge in [-0.15, -0.1) is 0 Å². The average molecular weight is 312 g/mol. The van der Waals surface area contributed by atoms with E-state index in [0.29, 0.717) is 6.04 Å². The number of aliphatic hydroxyl groups is 1. The highest BCUT2D eigenvalue weighted by atomic mass is 16.3. The summed E-state index contributed by atoms with van der Waals surface area (Å²) in [7, 11) is 0. The minimum Gasteiger partial charge on any atom is -0.396 e. The quantitative estimate of drug-likeness (QED) is 0.476. The van der Waals surface area contributed by atoms with Crippen LogP contribution in [0.1, 0.15) is 72.6 Å². The fraction of sp³-hybridized carbons (Fsp3) is 0.944. The van der Waals surface area contributed by atoms with Crippen molar-refractivity contribution >= 4 is 5.96 Å². The van der Waals surface area contributed by atoms with Crippen molar-refractivity contribution in [2.75, 3.05) is 19.7 Å². The van der Waals surface area contributed by atoms with E-state index in [1.807, 2.05) is 0 Å². The van der Waals surface area contributed by atoms with Crippen LogP contribution in [0.25, 0.3) is 0 Å². The van der Waals surface area contributed by atoms with Crippen molar-refractivity contribution in [1.82, 2.24) is 10.6 Å². The Morgan fingerprint density at radius 1 is 1.14 bits per heavy atom. The molecule has 0 aliphatic heterocycles. The smallest absolute Gasteiger partial charge is 0.191 e. The highest BCUT2D eigenvalue weighted by Gasteiger charge is 2.26. The van der Waals surface area contributed by atoms with Gasteiger partial charge in [-0.2, -0.15) is 0 Å². The summed E-state index contributed by atoms with van der Waals surface area (Å²) in [6.45, 7) is 10.8. The van der Waals surface area contributed by atoms with Crippen LogP contribution in [-0.4, -0.2) is 36.8 Å². The van der Waals surface area contributed by atoms with Crippen LogP contribution in [0.4, 0.5) is 0 Å². The number of hydrogen-bond donors (Lipinski definition) is 3. The van der Waals surface area contributed by atoms with Crippen LogP contribution in [0.2, 0.25) is 0 Å². The summed E-state index contributed by atoms with van der Waals surface area (Å²) in [5, 5.41) is 16.3. The second kappa shape index (κ2) is 10.1. The maximum Gasteiger partial charge on any atom is 0.191 e. The Kier molecular flexibility index (Phi) is 8.84. The predicted octanol–water partition coefficient (Wildman–Crippen LogP) is 3.31. The number of nitrogens with zero attached hydrogens (tertiary/aromatic N) is 1. The second-order valence-electron chi connectivity index (χ2n) is 6.98. The van der Waals surface area contributed by atoms with E-state index in [9.17, 15) is 5.11 Å². The molecular weight excluding hydrogens is 274 g/mol. The first-order valence-electron chi connectivity index (χ1n) is 9.24. The molecule has 0 spiro atoms. The summed E-state index contributed by atoms with van der Waals surface area (Å²) < 4.78 is 0. The van der Waals surface area contributed by atoms with Gasteiger partial charge in [0.05, 0.1) is 0 Å². The Morgan fingerprint density at radius 3 is 2.27 bits per heavy atom. The number of aliphatic hydroxyl groups excluding tert-OH is 1. The van der Waals surface area contributed by atoms with Gasteiger partial charge in [-0.3, -0.25) is 4.99 Å². The SMILES string of the molecule is CCNC(=NCC(CC)(CC)CCO)NC1CCC(C)CC1. The summed E-state index contributed by atoms with van der Waals surface area (Å²) in [6.07, 6.45) is 8.08. The summed E-state index contributed by atoms with van der Waals surface area (Å²) in [6, 6.07) is 0.560. The molecule has 0 amide bonds. The number of guanidine groups is 1. The Balaban J connectivity index is 2.63. The molecule has 1 saturated carbocycles. The van der Waals surface area contributed by atoms with Gasteiger partial charge in [0.2, 0.25) is 0 Å². The van der Waals surface area contributed by atoms with Gasteiger partial charge < -0.3 is 15.7 Å². The van der Waals surface area contributed by atoms with Crippen LogP contribution in [0.3, 0.4) is 0 Å². The topological polar surface area (TPSA) is 56.7 Å². The molecule has 0 radical (unpaired) electrons. The molecule has 0 heterocycles. The van der Waals surface area contributed by atoms with Gasteiger partial charge >= 0.3 is 0 Å². The molecule has 1 fully saturated rings. The fourth-order valence-corrected chi connectivity index (χ4v) is 3.31. The number of nitrogens with one attached hydrogen (secondary N) is 2. The summed E-state index contributed by atoms with van der Waals surface area (Å²) >= 11 is 0. The lowest BCUT2D eigenvalue weighted by Crippen LogP contribution is -2.45. The third-order valence-corrected chi connectivity index (χ3v) is 5.42. The standard InChI is InChI=1S/C18H37N3O/c1-5-18(6-2,12-13-22)14-20-17(19-7-3)21-16-10-8-15(4)9-11-16/h15-16,22H,5-14H2,1-4H3,(H2,19,20,21). The van der Waals surface area contributed by atoms with Gasteiger partial charge in [0.15, 0.2) is 5.96 Å². The van der Waals surface area contributed by atoms with Crippen LogP contribution in [0, 0.1) is 11.3 Å². The molecule has 0 aromatic rings. The third kappa shape index (κ3) is 6.15. The molecule has 0 bridgehead atoms. The van der Waals surface area contributed by atoms with Crippen LogP contribution >= 0.6 is 0 Å². The van der Waals surface area contributed by atoms with Gasteiger partial charge in [0.25, 0.3) is 0 Å². The van der Waals surface area contributed by atoms with Crippen molar-refractivity contribution in [2.24, 2.45) is 16.3 Å². The van der Waals surface area contributed by atoms with Gasteiger partial charge in [0.1, 0.15) is 0 Å². The van der Waals surface area contributed by atoms with Crippen LogP contribution < -0.4 is 10.6 Å². The fourth-order valence-electron chi connectivity index (χ4n) is 3.31. The van der Waals surface area contributed by atoms with Crippen molar-refractivity contribution in [1.29, 1.82) is 0 Å². The first-order valence-corrected chi connectivity index (χ1v) is 9.24. The average Bonchev–Trinajstić information content (AvgIpc) is 2.53. The van der Waals surface area contributed by atoms with Crippen molar-refractivity contribution in [3.05, 3.63) is 0 Å². The minimum absolute atomic E-state index is 0.137.